The highest BCUT2D eigenvalue weighted by molar-refractivity contribution is 5.80. The molecule has 1 aromatic carbocycles. The fourth-order valence-corrected chi connectivity index (χ4v) is 1.85. The topological polar surface area (TPSA) is 45.8 Å². The van der Waals surface area contributed by atoms with E-state index in [1.165, 1.54) is 0 Å². The van der Waals surface area contributed by atoms with Crippen LogP contribution in [0.3, 0.4) is 0 Å². The maximum Gasteiger partial charge on any atom is 0.255 e. The van der Waals surface area contributed by atoms with E-state index in [1.54, 1.807) is 17.7 Å². The molecule has 0 radical (unpaired) electrons. The normalized spacial score (nSPS) is 10.3. The van der Waals surface area contributed by atoms with Crippen LogP contribution in [0, 0.1) is 18.3 Å². The van der Waals surface area contributed by atoms with Gasteiger partial charge in [-0.3, -0.25) is 4.79 Å². The Kier molecular flexibility index (Phi) is 2.49. The average molecular weight is 212 g/mol. The van der Waals surface area contributed by atoms with Gasteiger partial charge in [0.15, 0.2) is 0 Å². The molecular weight excluding hydrogens is 200 g/mol. The minimum Gasteiger partial charge on any atom is -0.311 e. The quantitative estimate of drug-likeness (QED) is 0.724. The monoisotopic (exact) mass is 212 g/mol. The average Bonchev–Trinajstić information content (AvgIpc) is 2.27. The molecule has 0 aliphatic heterocycles. The lowest BCUT2D eigenvalue weighted by Gasteiger charge is -2.07. The molecule has 3 nitrogen and oxygen atoms in total. The number of hydrogen-bond acceptors (Lipinski definition) is 2. The molecule has 2 aromatic rings. The lowest BCUT2D eigenvalue weighted by Crippen LogP contribution is -2.21. The summed E-state index contributed by atoms with van der Waals surface area (Å²) in [6.07, 6.45) is 0.163. The van der Waals surface area contributed by atoms with Crippen LogP contribution in [-0.2, 0) is 13.5 Å². The number of nitrogens with zero attached hydrogens (tertiary/aromatic N) is 2. The lowest BCUT2D eigenvalue weighted by molar-refractivity contribution is 0.885. The van der Waals surface area contributed by atoms with Gasteiger partial charge in [-0.1, -0.05) is 12.1 Å². The summed E-state index contributed by atoms with van der Waals surface area (Å²) >= 11 is 0. The zero-order chi connectivity index (χ0) is 11.7. The summed E-state index contributed by atoms with van der Waals surface area (Å²) in [6.45, 7) is 1.99. The molecule has 1 aromatic heterocycles. The third-order valence-electron chi connectivity index (χ3n) is 2.73. The fourth-order valence-electron chi connectivity index (χ4n) is 1.85. The van der Waals surface area contributed by atoms with Gasteiger partial charge in [0.25, 0.3) is 5.56 Å². The van der Waals surface area contributed by atoms with Crippen LogP contribution in [0.2, 0.25) is 0 Å². The first-order chi connectivity index (χ1) is 7.63. The third kappa shape index (κ3) is 1.59. The summed E-state index contributed by atoms with van der Waals surface area (Å²) < 4.78 is 1.61. The number of benzene rings is 1. The Hall–Kier alpha value is -2.08. The van der Waals surface area contributed by atoms with Crippen LogP contribution in [0.5, 0.6) is 0 Å². The molecule has 0 bridgehead atoms. The number of fused-ring (bicyclic) bond motifs is 1. The predicted octanol–water partition coefficient (Wildman–Crippen LogP) is 1.91. The Labute approximate surface area is 93.6 Å². The van der Waals surface area contributed by atoms with E-state index >= 15 is 0 Å². The summed E-state index contributed by atoms with van der Waals surface area (Å²) in [5.41, 5.74) is 2.50. The highest BCUT2D eigenvalue weighted by atomic mass is 16.1. The second-order valence-electron chi connectivity index (χ2n) is 3.93. The van der Waals surface area contributed by atoms with E-state index in [0.29, 0.717) is 5.56 Å². The van der Waals surface area contributed by atoms with E-state index in [-0.39, 0.29) is 12.0 Å². The van der Waals surface area contributed by atoms with E-state index < -0.39 is 0 Å². The molecule has 16 heavy (non-hydrogen) atoms. The number of nitriles is 1. The number of aromatic nitrogens is 1. The molecule has 0 saturated heterocycles. The van der Waals surface area contributed by atoms with E-state index in [2.05, 4.69) is 0 Å². The number of hydrogen-bond donors (Lipinski definition) is 0. The standard InChI is InChI=1S/C13H12N2O/c1-9-3-4-10-8-11(5-6-14)13(16)15(2)12(10)7-9/h3-4,7-8H,5H2,1-2H3. The van der Waals surface area contributed by atoms with Crippen molar-refractivity contribution in [3.8, 4) is 6.07 Å². The largest absolute Gasteiger partial charge is 0.311 e. The maximum atomic E-state index is 11.9. The number of rotatable bonds is 1. The van der Waals surface area contributed by atoms with Gasteiger partial charge in [0.2, 0.25) is 0 Å². The molecule has 0 unspecified atom stereocenters. The second kappa shape index (κ2) is 3.82. The molecule has 3 heteroatoms. The Morgan fingerprint density at radius 1 is 1.38 bits per heavy atom. The first kappa shape index (κ1) is 10.4. The van der Waals surface area contributed by atoms with Crippen molar-refractivity contribution < 1.29 is 0 Å². The molecule has 0 atom stereocenters. The minimum absolute atomic E-state index is 0.0837. The van der Waals surface area contributed by atoms with Crippen molar-refractivity contribution in [3.63, 3.8) is 0 Å². The van der Waals surface area contributed by atoms with Gasteiger partial charge < -0.3 is 4.57 Å². The molecule has 0 aliphatic carbocycles. The van der Waals surface area contributed by atoms with Gasteiger partial charge in [-0.2, -0.15) is 5.26 Å². The van der Waals surface area contributed by atoms with Crippen LogP contribution in [0.15, 0.2) is 29.1 Å². The minimum atomic E-state index is -0.0837. The third-order valence-corrected chi connectivity index (χ3v) is 2.73. The van der Waals surface area contributed by atoms with E-state index in [4.69, 9.17) is 5.26 Å². The SMILES string of the molecule is Cc1ccc2cc(CC#N)c(=O)n(C)c2c1. The van der Waals surface area contributed by atoms with Crippen molar-refractivity contribution >= 4 is 10.9 Å². The van der Waals surface area contributed by atoms with E-state index in [9.17, 15) is 4.79 Å². The molecule has 1 heterocycles. The Bertz CT molecular complexity index is 647. The van der Waals surface area contributed by atoms with Crippen molar-refractivity contribution in [2.24, 2.45) is 7.05 Å². The molecule has 80 valence electrons. The van der Waals surface area contributed by atoms with Crippen LogP contribution in [0.1, 0.15) is 11.1 Å². The maximum absolute atomic E-state index is 11.9. The smallest absolute Gasteiger partial charge is 0.255 e. The summed E-state index contributed by atoms with van der Waals surface area (Å²) in [7, 11) is 1.74. The highest BCUT2D eigenvalue weighted by Gasteiger charge is 2.06. The molecule has 2 rings (SSSR count). The van der Waals surface area contributed by atoms with Crippen molar-refractivity contribution in [1.82, 2.24) is 4.57 Å². The van der Waals surface area contributed by atoms with Gasteiger partial charge in [0, 0.05) is 12.6 Å². The van der Waals surface area contributed by atoms with Crippen LogP contribution in [0.25, 0.3) is 10.9 Å². The van der Waals surface area contributed by atoms with Gasteiger partial charge in [-0.25, -0.2) is 0 Å². The van der Waals surface area contributed by atoms with Gasteiger partial charge in [-0.15, -0.1) is 0 Å². The van der Waals surface area contributed by atoms with Crippen molar-refractivity contribution in [2.45, 2.75) is 13.3 Å². The Balaban J connectivity index is 2.84. The first-order valence-electron chi connectivity index (χ1n) is 5.09. The van der Waals surface area contributed by atoms with Crippen LogP contribution >= 0.6 is 0 Å². The van der Waals surface area contributed by atoms with Crippen molar-refractivity contribution in [3.05, 3.63) is 45.7 Å². The van der Waals surface area contributed by atoms with Crippen LogP contribution < -0.4 is 5.56 Å². The number of aryl methyl sites for hydroxylation is 2. The summed E-state index contributed by atoms with van der Waals surface area (Å²) in [5, 5.41) is 9.65. The Morgan fingerprint density at radius 2 is 2.12 bits per heavy atom. The number of pyridine rings is 1. The summed E-state index contributed by atoms with van der Waals surface area (Å²) in [6, 6.07) is 9.78. The molecule has 0 N–H and O–H groups in total. The van der Waals surface area contributed by atoms with Gasteiger partial charge in [-0.05, 0) is 30.0 Å². The first-order valence-corrected chi connectivity index (χ1v) is 5.09. The zero-order valence-electron chi connectivity index (χ0n) is 9.32. The zero-order valence-corrected chi connectivity index (χ0v) is 9.32. The van der Waals surface area contributed by atoms with Gasteiger partial charge >= 0.3 is 0 Å². The molecule has 0 amide bonds. The van der Waals surface area contributed by atoms with Crippen LogP contribution in [-0.4, -0.2) is 4.57 Å². The molecule has 0 aliphatic rings. The fraction of sp³-hybridized carbons (Fsp3) is 0.231. The van der Waals surface area contributed by atoms with E-state index in [1.807, 2.05) is 31.2 Å². The Morgan fingerprint density at radius 3 is 2.81 bits per heavy atom. The summed E-state index contributed by atoms with van der Waals surface area (Å²) in [5.74, 6) is 0. The molecule has 0 saturated carbocycles. The highest BCUT2D eigenvalue weighted by Crippen LogP contribution is 2.14. The van der Waals surface area contributed by atoms with Crippen molar-refractivity contribution in [2.75, 3.05) is 0 Å². The van der Waals surface area contributed by atoms with Gasteiger partial charge in [0.05, 0.1) is 18.0 Å². The van der Waals surface area contributed by atoms with Crippen LogP contribution in [0.4, 0.5) is 0 Å². The molecule has 0 fully saturated rings. The van der Waals surface area contributed by atoms with Gasteiger partial charge in [0.1, 0.15) is 0 Å². The van der Waals surface area contributed by atoms with Crippen molar-refractivity contribution in [1.29, 1.82) is 5.26 Å². The molecular formula is C13H12N2O. The predicted molar refractivity (Wildman–Crippen MR) is 63.2 cm³/mol. The summed E-state index contributed by atoms with van der Waals surface area (Å²) in [4.78, 5) is 11.9. The lowest BCUT2D eigenvalue weighted by atomic mass is 10.1. The van der Waals surface area contributed by atoms with E-state index in [0.717, 1.165) is 16.5 Å². The second-order valence-corrected chi connectivity index (χ2v) is 3.93. The molecule has 0 spiro atoms.